The maximum Gasteiger partial charge on any atom is 0.303 e. The SMILES string of the molecule is CCC(N)C(CC(=O)O)CC1CCCCC1. The van der Waals surface area contributed by atoms with Gasteiger partial charge in [0.25, 0.3) is 0 Å². The van der Waals surface area contributed by atoms with Crippen LogP contribution < -0.4 is 5.73 Å². The second kappa shape index (κ2) is 6.89. The lowest BCUT2D eigenvalue weighted by molar-refractivity contribution is -0.138. The Morgan fingerprint density at radius 2 is 2.00 bits per heavy atom. The first-order chi connectivity index (χ1) is 7.63. The summed E-state index contributed by atoms with van der Waals surface area (Å²) in [5.41, 5.74) is 6.02. The van der Waals surface area contributed by atoms with E-state index in [4.69, 9.17) is 10.8 Å². The molecule has 2 atom stereocenters. The smallest absolute Gasteiger partial charge is 0.303 e. The third-order valence-corrected chi connectivity index (χ3v) is 3.87. The Labute approximate surface area is 98.4 Å². The Hall–Kier alpha value is -0.570. The molecule has 0 aromatic heterocycles. The van der Waals surface area contributed by atoms with Gasteiger partial charge in [0, 0.05) is 12.5 Å². The lowest BCUT2D eigenvalue weighted by atomic mass is 9.79. The van der Waals surface area contributed by atoms with Crippen LogP contribution in [0.5, 0.6) is 0 Å². The summed E-state index contributed by atoms with van der Waals surface area (Å²) < 4.78 is 0. The van der Waals surface area contributed by atoms with Gasteiger partial charge in [-0.2, -0.15) is 0 Å². The van der Waals surface area contributed by atoms with Crippen LogP contribution in [0.3, 0.4) is 0 Å². The Morgan fingerprint density at radius 3 is 2.50 bits per heavy atom. The van der Waals surface area contributed by atoms with E-state index in [1.807, 2.05) is 6.92 Å². The number of hydrogen-bond acceptors (Lipinski definition) is 2. The van der Waals surface area contributed by atoms with Crippen molar-refractivity contribution in [2.45, 2.75) is 64.3 Å². The summed E-state index contributed by atoms with van der Waals surface area (Å²) >= 11 is 0. The summed E-state index contributed by atoms with van der Waals surface area (Å²) in [6, 6.07) is 0.0537. The Kier molecular flexibility index (Phi) is 5.81. The fourth-order valence-corrected chi connectivity index (χ4v) is 2.82. The average Bonchev–Trinajstić information content (AvgIpc) is 2.28. The predicted octanol–water partition coefficient (Wildman–Crippen LogP) is 2.79. The lowest BCUT2D eigenvalue weighted by Gasteiger charge is -2.28. The second-order valence-electron chi connectivity index (χ2n) is 5.17. The van der Waals surface area contributed by atoms with E-state index in [-0.39, 0.29) is 18.4 Å². The predicted molar refractivity (Wildman–Crippen MR) is 65.2 cm³/mol. The number of nitrogens with two attached hydrogens (primary N) is 1. The number of carboxylic acid groups (broad SMARTS) is 1. The molecule has 3 heteroatoms. The van der Waals surface area contributed by atoms with Gasteiger partial charge in [0.15, 0.2) is 0 Å². The third kappa shape index (κ3) is 4.52. The van der Waals surface area contributed by atoms with Crippen LogP contribution in [0.15, 0.2) is 0 Å². The Balaban J connectivity index is 2.44. The first-order valence-electron chi connectivity index (χ1n) is 6.60. The van der Waals surface area contributed by atoms with Gasteiger partial charge in [-0.25, -0.2) is 0 Å². The first kappa shape index (κ1) is 13.5. The quantitative estimate of drug-likeness (QED) is 0.733. The van der Waals surface area contributed by atoms with Crippen molar-refractivity contribution in [1.82, 2.24) is 0 Å². The molecule has 94 valence electrons. The molecule has 0 saturated heterocycles. The molecule has 0 aliphatic heterocycles. The normalized spacial score (nSPS) is 21.6. The molecule has 3 nitrogen and oxygen atoms in total. The fourth-order valence-electron chi connectivity index (χ4n) is 2.82. The molecule has 0 heterocycles. The number of rotatable bonds is 6. The van der Waals surface area contributed by atoms with Crippen LogP contribution in [0.1, 0.15) is 58.3 Å². The molecule has 0 radical (unpaired) electrons. The number of aliphatic carboxylic acids is 1. The van der Waals surface area contributed by atoms with Crippen LogP contribution >= 0.6 is 0 Å². The Bertz CT molecular complexity index is 212. The zero-order chi connectivity index (χ0) is 12.0. The van der Waals surface area contributed by atoms with Crippen LogP contribution in [0, 0.1) is 11.8 Å². The molecular formula is C13H25NO2. The van der Waals surface area contributed by atoms with Crippen molar-refractivity contribution in [3.8, 4) is 0 Å². The number of hydrogen-bond donors (Lipinski definition) is 2. The van der Waals surface area contributed by atoms with Gasteiger partial charge in [-0.1, -0.05) is 39.0 Å². The van der Waals surface area contributed by atoms with Crippen molar-refractivity contribution in [2.24, 2.45) is 17.6 Å². The highest BCUT2D eigenvalue weighted by molar-refractivity contribution is 5.67. The highest BCUT2D eigenvalue weighted by atomic mass is 16.4. The van der Waals surface area contributed by atoms with Crippen molar-refractivity contribution in [3.05, 3.63) is 0 Å². The summed E-state index contributed by atoms with van der Waals surface area (Å²) in [6.07, 6.45) is 8.65. The summed E-state index contributed by atoms with van der Waals surface area (Å²) in [6.45, 7) is 2.04. The molecule has 0 aromatic carbocycles. The third-order valence-electron chi connectivity index (χ3n) is 3.87. The van der Waals surface area contributed by atoms with E-state index in [2.05, 4.69) is 0 Å². The van der Waals surface area contributed by atoms with Gasteiger partial charge in [0.05, 0.1) is 0 Å². The van der Waals surface area contributed by atoms with E-state index < -0.39 is 5.97 Å². The molecule has 1 aliphatic carbocycles. The van der Waals surface area contributed by atoms with E-state index in [1.54, 1.807) is 0 Å². The minimum Gasteiger partial charge on any atom is -0.481 e. The zero-order valence-corrected chi connectivity index (χ0v) is 10.3. The van der Waals surface area contributed by atoms with E-state index in [9.17, 15) is 4.79 Å². The largest absolute Gasteiger partial charge is 0.481 e. The second-order valence-corrected chi connectivity index (χ2v) is 5.17. The highest BCUT2D eigenvalue weighted by Gasteiger charge is 2.24. The molecule has 1 rings (SSSR count). The highest BCUT2D eigenvalue weighted by Crippen LogP contribution is 2.31. The maximum absolute atomic E-state index is 10.8. The minimum absolute atomic E-state index is 0.0537. The summed E-state index contributed by atoms with van der Waals surface area (Å²) in [5, 5.41) is 8.90. The summed E-state index contributed by atoms with van der Waals surface area (Å²) in [4.78, 5) is 10.8. The monoisotopic (exact) mass is 227 g/mol. The molecular weight excluding hydrogens is 202 g/mol. The van der Waals surface area contributed by atoms with Crippen LogP contribution in [-0.2, 0) is 4.79 Å². The topological polar surface area (TPSA) is 63.3 Å². The van der Waals surface area contributed by atoms with Gasteiger partial charge >= 0.3 is 5.97 Å². The molecule has 2 unspecified atom stereocenters. The Morgan fingerprint density at radius 1 is 1.38 bits per heavy atom. The molecule has 3 N–H and O–H groups in total. The van der Waals surface area contributed by atoms with Gasteiger partial charge in [0.1, 0.15) is 0 Å². The minimum atomic E-state index is -0.704. The van der Waals surface area contributed by atoms with Gasteiger partial charge in [0.2, 0.25) is 0 Å². The number of carbonyl (C=O) groups is 1. The van der Waals surface area contributed by atoms with Gasteiger partial charge < -0.3 is 10.8 Å². The molecule has 16 heavy (non-hydrogen) atoms. The number of carboxylic acids is 1. The van der Waals surface area contributed by atoms with Gasteiger partial charge in [-0.15, -0.1) is 0 Å². The first-order valence-corrected chi connectivity index (χ1v) is 6.60. The fraction of sp³-hybridized carbons (Fsp3) is 0.923. The molecule has 1 fully saturated rings. The summed E-state index contributed by atoms with van der Waals surface area (Å²) in [5.74, 6) is 0.186. The molecule has 0 amide bonds. The van der Waals surface area contributed by atoms with Crippen molar-refractivity contribution >= 4 is 5.97 Å². The molecule has 0 bridgehead atoms. The standard InChI is InChI=1S/C13H25NO2/c1-2-12(14)11(9-13(15)16)8-10-6-4-3-5-7-10/h10-12H,2-9,14H2,1H3,(H,15,16). The van der Waals surface area contributed by atoms with Crippen LogP contribution in [0.2, 0.25) is 0 Å². The van der Waals surface area contributed by atoms with E-state index in [0.717, 1.165) is 18.8 Å². The van der Waals surface area contributed by atoms with Crippen molar-refractivity contribution in [3.63, 3.8) is 0 Å². The van der Waals surface area contributed by atoms with Crippen LogP contribution in [-0.4, -0.2) is 17.1 Å². The van der Waals surface area contributed by atoms with Crippen LogP contribution in [0.4, 0.5) is 0 Å². The van der Waals surface area contributed by atoms with Crippen molar-refractivity contribution in [2.75, 3.05) is 0 Å². The van der Waals surface area contributed by atoms with Gasteiger partial charge in [-0.05, 0) is 24.7 Å². The molecule has 1 saturated carbocycles. The van der Waals surface area contributed by atoms with E-state index in [1.165, 1.54) is 32.1 Å². The van der Waals surface area contributed by atoms with Crippen molar-refractivity contribution in [1.29, 1.82) is 0 Å². The maximum atomic E-state index is 10.8. The van der Waals surface area contributed by atoms with E-state index in [0.29, 0.717) is 0 Å². The molecule has 0 aromatic rings. The molecule has 1 aliphatic rings. The summed E-state index contributed by atoms with van der Waals surface area (Å²) in [7, 11) is 0. The molecule has 0 spiro atoms. The lowest BCUT2D eigenvalue weighted by Crippen LogP contribution is -2.33. The van der Waals surface area contributed by atoms with Gasteiger partial charge in [-0.3, -0.25) is 4.79 Å². The van der Waals surface area contributed by atoms with Crippen LogP contribution in [0.25, 0.3) is 0 Å². The average molecular weight is 227 g/mol. The zero-order valence-electron chi connectivity index (χ0n) is 10.3. The van der Waals surface area contributed by atoms with Crippen molar-refractivity contribution < 1.29 is 9.90 Å². The van der Waals surface area contributed by atoms with E-state index >= 15 is 0 Å².